The first-order chi connectivity index (χ1) is 10.6. The third-order valence-corrected chi connectivity index (χ3v) is 3.79. The van der Waals surface area contributed by atoms with Crippen molar-refractivity contribution in [1.29, 1.82) is 0 Å². The number of ether oxygens (including phenoxy) is 1. The number of carbonyl (C=O) groups is 1. The van der Waals surface area contributed by atoms with Gasteiger partial charge in [-0.2, -0.15) is 0 Å². The summed E-state index contributed by atoms with van der Waals surface area (Å²) in [7, 11) is 1.65. The van der Waals surface area contributed by atoms with Gasteiger partial charge in [0.1, 0.15) is 11.5 Å². The van der Waals surface area contributed by atoms with E-state index in [1.165, 1.54) is 0 Å². The van der Waals surface area contributed by atoms with Crippen molar-refractivity contribution in [2.45, 2.75) is 32.7 Å². The van der Waals surface area contributed by atoms with Gasteiger partial charge in [0, 0.05) is 6.42 Å². The molecule has 2 aromatic rings. The summed E-state index contributed by atoms with van der Waals surface area (Å²) in [5, 5.41) is 2.91. The minimum absolute atomic E-state index is 0.0333. The maximum absolute atomic E-state index is 12.2. The molecule has 2 rings (SSSR count). The summed E-state index contributed by atoms with van der Waals surface area (Å²) in [5.74, 6) is 2.18. The molecule has 0 bridgehead atoms. The number of hydrogen-bond acceptors (Lipinski definition) is 3. The van der Waals surface area contributed by atoms with Gasteiger partial charge in [0.15, 0.2) is 0 Å². The molecule has 4 nitrogen and oxygen atoms in total. The lowest BCUT2D eigenvalue weighted by Crippen LogP contribution is -2.25. The van der Waals surface area contributed by atoms with E-state index in [4.69, 9.17) is 9.15 Å². The number of furan rings is 1. The fourth-order valence-electron chi connectivity index (χ4n) is 2.46. The molecule has 1 heterocycles. The Morgan fingerprint density at radius 3 is 2.50 bits per heavy atom. The van der Waals surface area contributed by atoms with Gasteiger partial charge in [-0.1, -0.05) is 26.0 Å². The molecule has 0 spiro atoms. The van der Waals surface area contributed by atoms with Gasteiger partial charge < -0.3 is 14.5 Å². The van der Waals surface area contributed by atoms with Gasteiger partial charge >= 0.3 is 0 Å². The van der Waals surface area contributed by atoms with E-state index < -0.39 is 0 Å². The molecule has 0 aliphatic rings. The van der Waals surface area contributed by atoms with Crippen LogP contribution in [0.25, 0.3) is 0 Å². The van der Waals surface area contributed by atoms with E-state index in [-0.39, 0.29) is 11.8 Å². The fraction of sp³-hybridized carbons (Fsp3) is 0.389. The van der Waals surface area contributed by atoms with Crippen LogP contribution in [0.4, 0.5) is 0 Å². The van der Waals surface area contributed by atoms with Crippen LogP contribution in [-0.2, 0) is 11.3 Å². The summed E-state index contributed by atoms with van der Waals surface area (Å²) in [4.78, 5) is 12.2. The Hall–Kier alpha value is -2.23. The first-order valence-electron chi connectivity index (χ1n) is 7.53. The zero-order valence-corrected chi connectivity index (χ0v) is 13.3. The lowest BCUT2D eigenvalue weighted by molar-refractivity contribution is -0.121. The lowest BCUT2D eigenvalue weighted by atomic mass is 9.85. The highest BCUT2D eigenvalue weighted by atomic mass is 16.5. The minimum atomic E-state index is 0.0333. The smallest absolute Gasteiger partial charge is 0.220 e. The van der Waals surface area contributed by atoms with Crippen LogP contribution in [0.5, 0.6) is 5.75 Å². The second kappa shape index (κ2) is 7.69. The van der Waals surface area contributed by atoms with Crippen LogP contribution in [0, 0.1) is 5.92 Å². The monoisotopic (exact) mass is 301 g/mol. The highest BCUT2D eigenvalue weighted by molar-refractivity contribution is 5.76. The van der Waals surface area contributed by atoms with Crippen LogP contribution in [-0.4, -0.2) is 13.0 Å². The first-order valence-corrected chi connectivity index (χ1v) is 7.53. The Kier molecular flexibility index (Phi) is 5.64. The molecule has 22 heavy (non-hydrogen) atoms. The molecule has 1 unspecified atom stereocenters. The Labute approximate surface area is 131 Å². The van der Waals surface area contributed by atoms with E-state index in [0.717, 1.165) is 17.1 Å². The van der Waals surface area contributed by atoms with Crippen LogP contribution < -0.4 is 10.1 Å². The van der Waals surface area contributed by atoms with Crippen molar-refractivity contribution < 1.29 is 13.9 Å². The maximum atomic E-state index is 12.2. The van der Waals surface area contributed by atoms with E-state index in [9.17, 15) is 4.79 Å². The van der Waals surface area contributed by atoms with E-state index in [1.807, 2.05) is 36.4 Å². The van der Waals surface area contributed by atoms with Gasteiger partial charge in [-0.3, -0.25) is 4.79 Å². The van der Waals surface area contributed by atoms with Gasteiger partial charge in [0.05, 0.1) is 19.9 Å². The van der Waals surface area contributed by atoms with Crippen molar-refractivity contribution in [1.82, 2.24) is 5.32 Å². The molecular weight excluding hydrogens is 278 g/mol. The predicted molar refractivity (Wildman–Crippen MR) is 85.7 cm³/mol. The minimum Gasteiger partial charge on any atom is -0.497 e. The Bertz CT molecular complexity index is 573. The molecule has 0 aliphatic carbocycles. The maximum Gasteiger partial charge on any atom is 0.220 e. The second-order valence-electron chi connectivity index (χ2n) is 5.68. The fourth-order valence-corrected chi connectivity index (χ4v) is 2.46. The normalized spacial score (nSPS) is 12.2. The quantitative estimate of drug-likeness (QED) is 0.847. The van der Waals surface area contributed by atoms with Crippen molar-refractivity contribution in [3.8, 4) is 5.75 Å². The lowest BCUT2D eigenvalue weighted by Gasteiger charge is -2.21. The zero-order chi connectivity index (χ0) is 15.9. The van der Waals surface area contributed by atoms with Crippen LogP contribution in [0.15, 0.2) is 47.1 Å². The number of hydrogen-bond donors (Lipinski definition) is 1. The van der Waals surface area contributed by atoms with Gasteiger partial charge in [-0.05, 0) is 41.7 Å². The summed E-state index contributed by atoms with van der Waals surface area (Å²) >= 11 is 0. The largest absolute Gasteiger partial charge is 0.497 e. The number of carbonyl (C=O) groups excluding carboxylic acids is 1. The first kappa shape index (κ1) is 16.1. The van der Waals surface area contributed by atoms with E-state index in [0.29, 0.717) is 18.9 Å². The van der Waals surface area contributed by atoms with Crippen LogP contribution in [0.1, 0.15) is 37.5 Å². The summed E-state index contributed by atoms with van der Waals surface area (Å²) in [5.41, 5.74) is 1.16. The van der Waals surface area contributed by atoms with E-state index in [1.54, 1.807) is 13.4 Å². The highest BCUT2D eigenvalue weighted by Gasteiger charge is 2.19. The van der Waals surface area contributed by atoms with Crippen molar-refractivity contribution in [2.24, 2.45) is 5.92 Å². The molecule has 0 radical (unpaired) electrons. The summed E-state index contributed by atoms with van der Waals surface area (Å²) in [6, 6.07) is 11.6. The molecule has 0 aliphatic heterocycles. The average Bonchev–Trinajstić information content (AvgIpc) is 3.04. The van der Waals surface area contributed by atoms with Gasteiger partial charge in [-0.25, -0.2) is 0 Å². The third kappa shape index (κ3) is 4.38. The Balaban J connectivity index is 1.96. The standard InChI is InChI=1S/C18H23NO3/c1-13(2)17(14-6-8-15(21-3)9-7-14)11-18(20)19-12-16-5-4-10-22-16/h4-10,13,17H,11-12H2,1-3H3,(H,19,20). The molecule has 0 fully saturated rings. The number of nitrogens with one attached hydrogen (secondary N) is 1. The SMILES string of the molecule is COc1ccc(C(CC(=O)NCc2ccco2)C(C)C)cc1. The topological polar surface area (TPSA) is 51.5 Å². The van der Waals surface area contributed by atoms with Crippen molar-refractivity contribution in [3.05, 3.63) is 54.0 Å². The van der Waals surface area contributed by atoms with Crippen LogP contribution in [0.2, 0.25) is 0 Å². The van der Waals surface area contributed by atoms with Crippen LogP contribution >= 0.6 is 0 Å². The van der Waals surface area contributed by atoms with Gasteiger partial charge in [0.2, 0.25) is 5.91 Å². The molecule has 4 heteroatoms. The number of amides is 1. The molecular formula is C18H23NO3. The average molecular weight is 301 g/mol. The van der Waals surface area contributed by atoms with Crippen molar-refractivity contribution >= 4 is 5.91 Å². The molecule has 1 aromatic heterocycles. The number of methoxy groups -OCH3 is 1. The Morgan fingerprint density at radius 1 is 1.23 bits per heavy atom. The molecule has 1 amide bonds. The van der Waals surface area contributed by atoms with Crippen molar-refractivity contribution in [3.63, 3.8) is 0 Å². The van der Waals surface area contributed by atoms with Crippen LogP contribution in [0.3, 0.4) is 0 Å². The van der Waals surface area contributed by atoms with Gasteiger partial charge in [-0.15, -0.1) is 0 Å². The Morgan fingerprint density at radius 2 is 1.95 bits per heavy atom. The molecule has 0 saturated carbocycles. The predicted octanol–water partition coefficient (Wildman–Crippen LogP) is 3.73. The summed E-state index contributed by atoms with van der Waals surface area (Å²) < 4.78 is 10.4. The zero-order valence-electron chi connectivity index (χ0n) is 13.3. The molecule has 0 saturated heterocycles. The third-order valence-electron chi connectivity index (χ3n) is 3.79. The van der Waals surface area contributed by atoms with Crippen molar-refractivity contribution in [2.75, 3.05) is 7.11 Å². The molecule has 1 atom stereocenters. The number of benzene rings is 1. The molecule has 1 N–H and O–H groups in total. The second-order valence-corrected chi connectivity index (χ2v) is 5.68. The van der Waals surface area contributed by atoms with Gasteiger partial charge in [0.25, 0.3) is 0 Å². The highest BCUT2D eigenvalue weighted by Crippen LogP contribution is 2.29. The van der Waals surface area contributed by atoms with E-state index in [2.05, 4.69) is 19.2 Å². The number of rotatable bonds is 7. The summed E-state index contributed by atoms with van der Waals surface area (Å²) in [6.07, 6.45) is 2.07. The van der Waals surface area contributed by atoms with E-state index >= 15 is 0 Å². The summed E-state index contributed by atoms with van der Waals surface area (Å²) in [6.45, 7) is 4.70. The molecule has 118 valence electrons. The molecule has 1 aromatic carbocycles.